The molecule has 0 saturated carbocycles. The lowest BCUT2D eigenvalue weighted by atomic mass is 9.93. The molecular formula is C25H40N4O5. The number of hydrogen-bond donors (Lipinski definition) is 3. The molecule has 1 aromatic carbocycles. The molecule has 1 aliphatic rings. The van der Waals surface area contributed by atoms with Gasteiger partial charge in [0.05, 0.1) is 12.4 Å². The Hall–Kier alpha value is -3.20. The molecule has 9 nitrogen and oxygen atoms in total. The largest absolute Gasteiger partial charge is 0.480 e. The summed E-state index contributed by atoms with van der Waals surface area (Å²) in [4.78, 5) is 40.3. The number of cyclic esters (lactones) is 1. The molecule has 190 valence electrons. The number of amidine groups is 1. The average molecular weight is 477 g/mol. The Balaban J connectivity index is 0.000000654. The Labute approximate surface area is 202 Å². The molecular weight excluding hydrogens is 436 g/mol. The molecule has 9 heteroatoms. The van der Waals surface area contributed by atoms with Gasteiger partial charge >= 0.3 is 11.9 Å². The van der Waals surface area contributed by atoms with Crippen molar-refractivity contribution < 1.29 is 24.2 Å². The van der Waals surface area contributed by atoms with Crippen molar-refractivity contribution in [1.29, 1.82) is 0 Å². The lowest BCUT2D eigenvalue weighted by Crippen LogP contribution is -2.46. The lowest BCUT2D eigenvalue weighted by Gasteiger charge is -2.33. The zero-order chi connectivity index (χ0) is 25.4. The number of carbonyl (C=O) groups excluding carboxylic acids is 2. The van der Waals surface area contributed by atoms with Gasteiger partial charge in [-0.05, 0) is 39.3 Å². The molecule has 2 rings (SSSR count). The van der Waals surface area contributed by atoms with Crippen molar-refractivity contribution in [3.05, 3.63) is 48.0 Å². The maximum atomic E-state index is 12.6. The van der Waals surface area contributed by atoms with Gasteiger partial charge in [-0.25, -0.2) is 4.79 Å². The van der Waals surface area contributed by atoms with Crippen molar-refractivity contribution >= 4 is 23.7 Å². The molecule has 0 aromatic heterocycles. The predicted octanol–water partition coefficient (Wildman–Crippen LogP) is 3.19. The van der Waals surface area contributed by atoms with Gasteiger partial charge in [-0.1, -0.05) is 58.5 Å². The van der Waals surface area contributed by atoms with Gasteiger partial charge in [0, 0.05) is 11.0 Å². The monoisotopic (exact) mass is 476 g/mol. The van der Waals surface area contributed by atoms with Crippen molar-refractivity contribution in [2.24, 2.45) is 21.9 Å². The summed E-state index contributed by atoms with van der Waals surface area (Å²) < 4.78 is 5.36. The molecule has 0 bridgehead atoms. The van der Waals surface area contributed by atoms with E-state index in [-0.39, 0.29) is 31.1 Å². The van der Waals surface area contributed by atoms with E-state index in [0.717, 1.165) is 0 Å². The third-order valence-corrected chi connectivity index (χ3v) is 4.88. The second-order valence-corrected chi connectivity index (χ2v) is 9.29. The molecule has 1 saturated heterocycles. The molecule has 3 atom stereocenters. The first-order chi connectivity index (χ1) is 15.2. The van der Waals surface area contributed by atoms with Gasteiger partial charge in [0.15, 0.2) is 6.23 Å². The van der Waals surface area contributed by atoms with Gasteiger partial charge in [0.1, 0.15) is 11.6 Å². The number of aliphatic imine (C=N–C) groups is 1. The number of esters is 1. The van der Waals surface area contributed by atoms with Crippen LogP contribution in [0, 0.1) is 5.41 Å². The molecule has 1 fully saturated rings. The van der Waals surface area contributed by atoms with Crippen LogP contribution in [0.25, 0.3) is 0 Å². The fourth-order valence-electron chi connectivity index (χ4n) is 2.87. The SMILES string of the molecule is C.CC(N)=NC/C=C/C[C@](C)(N)C(=O)O.C[C@@H]1C(=O)O[C@H](C(C)(C)C)N1C(=O)c1ccccc1. The fraction of sp³-hybridized carbons (Fsp3) is 0.520. The summed E-state index contributed by atoms with van der Waals surface area (Å²) in [5.74, 6) is -1.02. The number of carboxylic acid groups (broad SMARTS) is 1. The minimum absolute atomic E-state index is 0. The van der Waals surface area contributed by atoms with E-state index < -0.39 is 23.8 Å². The van der Waals surface area contributed by atoms with E-state index in [0.29, 0.717) is 17.9 Å². The lowest BCUT2D eigenvalue weighted by molar-refractivity contribution is -0.147. The first-order valence-electron chi connectivity index (χ1n) is 10.7. The van der Waals surface area contributed by atoms with E-state index in [2.05, 4.69) is 4.99 Å². The van der Waals surface area contributed by atoms with Crippen molar-refractivity contribution in [3.63, 3.8) is 0 Å². The Bertz CT molecular complexity index is 884. The normalized spacial score (nSPS) is 20.0. The summed E-state index contributed by atoms with van der Waals surface area (Å²) >= 11 is 0. The smallest absolute Gasteiger partial charge is 0.330 e. The Morgan fingerprint density at radius 2 is 1.74 bits per heavy atom. The number of nitrogens with zero attached hydrogens (tertiary/aromatic N) is 2. The quantitative estimate of drug-likeness (QED) is 0.247. The molecule has 1 aliphatic heterocycles. The third-order valence-electron chi connectivity index (χ3n) is 4.88. The van der Waals surface area contributed by atoms with Crippen LogP contribution in [-0.4, -0.2) is 58.0 Å². The average Bonchev–Trinajstić information content (AvgIpc) is 3.03. The number of carboxylic acids is 1. The number of aliphatic carboxylic acids is 1. The minimum atomic E-state index is -1.21. The molecule has 1 amide bonds. The van der Waals surface area contributed by atoms with Gasteiger partial charge < -0.3 is 21.3 Å². The van der Waals surface area contributed by atoms with E-state index in [9.17, 15) is 14.4 Å². The van der Waals surface area contributed by atoms with E-state index in [1.165, 1.54) is 11.8 Å². The summed E-state index contributed by atoms with van der Waals surface area (Å²) in [6, 6.07) is 8.42. The topological polar surface area (TPSA) is 148 Å². The Morgan fingerprint density at radius 1 is 1.18 bits per heavy atom. The van der Waals surface area contributed by atoms with Crippen LogP contribution in [0.3, 0.4) is 0 Å². The number of carbonyl (C=O) groups is 3. The number of benzene rings is 1. The number of hydrogen-bond acceptors (Lipinski definition) is 6. The van der Waals surface area contributed by atoms with Gasteiger partial charge in [0.25, 0.3) is 5.91 Å². The number of rotatable bonds is 6. The van der Waals surface area contributed by atoms with Crippen LogP contribution in [0.2, 0.25) is 0 Å². The number of ether oxygens (including phenoxy) is 1. The van der Waals surface area contributed by atoms with Crippen LogP contribution in [-0.2, 0) is 14.3 Å². The maximum absolute atomic E-state index is 12.6. The van der Waals surface area contributed by atoms with Crippen molar-refractivity contribution in [2.75, 3.05) is 6.54 Å². The standard InChI is InChI=1S/C15H19NO3.C9H17N3O2.CH4/c1-10-13(18)19-14(15(2,3)4)16(10)12(17)11-8-6-5-7-9-11;1-7(10)12-6-4-3-5-9(2,11)8(13)14;/h5-10,14H,1-4H3;3-4H,5-6,11H2,1-2H3,(H2,10,12)(H,13,14);1H4/b;4-3+;/t10-,14-;9-;/m10./s1. The van der Waals surface area contributed by atoms with E-state index in [4.69, 9.17) is 21.3 Å². The highest BCUT2D eigenvalue weighted by Crippen LogP contribution is 2.33. The second kappa shape index (κ2) is 12.9. The van der Waals surface area contributed by atoms with Crippen LogP contribution >= 0.6 is 0 Å². The Kier molecular flexibility index (Phi) is 11.7. The number of amides is 1. The molecule has 0 unspecified atom stereocenters. The third kappa shape index (κ3) is 8.97. The summed E-state index contributed by atoms with van der Waals surface area (Å²) in [6.45, 7) is 11.2. The van der Waals surface area contributed by atoms with Crippen molar-refractivity contribution in [1.82, 2.24) is 4.90 Å². The zero-order valence-electron chi connectivity index (χ0n) is 20.2. The Morgan fingerprint density at radius 3 is 2.21 bits per heavy atom. The fourth-order valence-corrected chi connectivity index (χ4v) is 2.87. The van der Waals surface area contributed by atoms with Crippen LogP contribution in [0.15, 0.2) is 47.5 Å². The van der Waals surface area contributed by atoms with Crippen LogP contribution in [0.1, 0.15) is 65.7 Å². The van der Waals surface area contributed by atoms with Gasteiger partial charge in [0.2, 0.25) is 0 Å². The minimum Gasteiger partial charge on any atom is -0.480 e. The second-order valence-electron chi connectivity index (χ2n) is 9.29. The summed E-state index contributed by atoms with van der Waals surface area (Å²) in [5.41, 5.74) is 9.84. The van der Waals surface area contributed by atoms with Crippen molar-refractivity contribution in [3.8, 4) is 0 Å². The van der Waals surface area contributed by atoms with E-state index in [1.54, 1.807) is 38.1 Å². The molecule has 0 spiro atoms. The van der Waals surface area contributed by atoms with Gasteiger partial charge in [-0.2, -0.15) is 0 Å². The predicted molar refractivity (Wildman–Crippen MR) is 134 cm³/mol. The summed E-state index contributed by atoms with van der Waals surface area (Å²) in [7, 11) is 0. The molecule has 1 aromatic rings. The van der Waals surface area contributed by atoms with Crippen molar-refractivity contribution in [2.45, 2.75) is 73.2 Å². The zero-order valence-corrected chi connectivity index (χ0v) is 20.2. The summed E-state index contributed by atoms with van der Waals surface area (Å²) in [6.07, 6.45) is 3.19. The molecule has 34 heavy (non-hydrogen) atoms. The first kappa shape index (κ1) is 30.8. The summed E-state index contributed by atoms with van der Waals surface area (Å²) in [5, 5.41) is 8.68. The van der Waals surface area contributed by atoms with E-state index in [1.807, 2.05) is 39.0 Å². The number of nitrogens with two attached hydrogens (primary N) is 2. The van der Waals surface area contributed by atoms with Gasteiger partial charge in [-0.3, -0.25) is 19.5 Å². The van der Waals surface area contributed by atoms with E-state index >= 15 is 0 Å². The molecule has 0 aliphatic carbocycles. The maximum Gasteiger partial charge on any atom is 0.330 e. The highest BCUT2D eigenvalue weighted by molar-refractivity contribution is 5.98. The molecule has 0 radical (unpaired) electrons. The van der Waals surface area contributed by atoms with Gasteiger partial charge in [-0.15, -0.1) is 0 Å². The van der Waals surface area contributed by atoms with Crippen LogP contribution in [0.5, 0.6) is 0 Å². The molecule has 1 heterocycles. The highest BCUT2D eigenvalue weighted by atomic mass is 16.6. The molecule has 5 N–H and O–H groups in total. The van der Waals surface area contributed by atoms with Crippen LogP contribution in [0.4, 0.5) is 0 Å². The highest BCUT2D eigenvalue weighted by Gasteiger charge is 2.47. The first-order valence-corrected chi connectivity index (χ1v) is 10.7. The van der Waals surface area contributed by atoms with Crippen LogP contribution < -0.4 is 11.5 Å².